The molecule has 0 aliphatic rings. The van der Waals surface area contributed by atoms with Gasteiger partial charge in [0.15, 0.2) is 0 Å². The Hall–Kier alpha value is -0.980. The summed E-state index contributed by atoms with van der Waals surface area (Å²) < 4.78 is 6.71. The van der Waals surface area contributed by atoms with Crippen LogP contribution in [0.4, 0.5) is 5.69 Å². The molecule has 0 unspecified atom stereocenters. The van der Waals surface area contributed by atoms with Gasteiger partial charge in [-0.15, -0.1) is 0 Å². The van der Waals surface area contributed by atoms with Crippen molar-refractivity contribution >= 4 is 57.4 Å². The van der Waals surface area contributed by atoms with Crippen LogP contribution >= 0.6 is 45.8 Å². The number of aryl methyl sites for hydroxylation is 1. The lowest BCUT2D eigenvalue weighted by atomic mass is 10.2. The SMILES string of the molecule is Cc1cc(I)ccc1NC(=O)CCCOc1ccc(Cl)cc1Cl. The summed E-state index contributed by atoms with van der Waals surface area (Å²) in [7, 11) is 0. The van der Waals surface area contributed by atoms with Gasteiger partial charge in [0.05, 0.1) is 11.6 Å². The summed E-state index contributed by atoms with van der Waals surface area (Å²) in [6.45, 7) is 2.39. The van der Waals surface area contributed by atoms with Gasteiger partial charge in [0.1, 0.15) is 5.75 Å². The van der Waals surface area contributed by atoms with Gasteiger partial charge in [0.2, 0.25) is 5.91 Å². The van der Waals surface area contributed by atoms with Gasteiger partial charge in [0.25, 0.3) is 0 Å². The topological polar surface area (TPSA) is 38.3 Å². The number of hydrogen-bond donors (Lipinski definition) is 1. The third kappa shape index (κ3) is 5.86. The minimum atomic E-state index is -0.0277. The molecule has 3 nitrogen and oxygen atoms in total. The van der Waals surface area contributed by atoms with E-state index in [1.807, 2.05) is 25.1 Å². The second-order valence-electron chi connectivity index (χ2n) is 5.03. The van der Waals surface area contributed by atoms with Crippen LogP contribution in [0.15, 0.2) is 36.4 Å². The molecule has 122 valence electrons. The quantitative estimate of drug-likeness (QED) is 0.440. The zero-order valence-corrected chi connectivity index (χ0v) is 16.2. The Morgan fingerprint density at radius 3 is 2.70 bits per heavy atom. The molecule has 6 heteroatoms. The first kappa shape index (κ1) is 18.4. The second-order valence-corrected chi connectivity index (χ2v) is 7.12. The van der Waals surface area contributed by atoms with Gasteiger partial charge in [-0.2, -0.15) is 0 Å². The number of carbonyl (C=O) groups is 1. The Balaban J connectivity index is 1.76. The average molecular weight is 464 g/mol. The van der Waals surface area contributed by atoms with E-state index in [0.717, 1.165) is 14.8 Å². The van der Waals surface area contributed by atoms with Gasteiger partial charge < -0.3 is 10.1 Å². The first-order chi connectivity index (χ1) is 11.0. The van der Waals surface area contributed by atoms with Crippen molar-refractivity contribution in [2.24, 2.45) is 0 Å². The van der Waals surface area contributed by atoms with Gasteiger partial charge in [-0.05, 0) is 77.9 Å². The molecule has 0 saturated carbocycles. The molecular formula is C17H16Cl2INO2. The lowest BCUT2D eigenvalue weighted by Gasteiger charge is -2.10. The van der Waals surface area contributed by atoms with Crippen molar-refractivity contribution in [3.05, 3.63) is 55.6 Å². The Bertz CT molecular complexity index is 707. The Labute approximate surface area is 159 Å². The predicted octanol–water partition coefficient (Wildman–Crippen LogP) is 5.70. The Morgan fingerprint density at radius 1 is 1.22 bits per heavy atom. The molecule has 0 aromatic heterocycles. The van der Waals surface area contributed by atoms with Gasteiger partial charge >= 0.3 is 0 Å². The molecule has 0 spiro atoms. The van der Waals surface area contributed by atoms with Crippen LogP contribution in [0.3, 0.4) is 0 Å². The summed E-state index contributed by atoms with van der Waals surface area (Å²) >= 11 is 14.1. The van der Waals surface area contributed by atoms with Crippen LogP contribution in [0.2, 0.25) is 10.0 Å². The molecule has 2 aromatic carbocycles. The Kier molecular flexibility index (Phi) is 6.99. The molecule has 0 radical (unpaired) electrons. The van der Waals surface area contributed by atoms with Crippen LogP contribution in [-0.2, 0) is 4.79 Å². The monoisotopic (exact) mass is 463 g/mol. The van der Waals surface area contributed by atoms with Crippen LogP contribution < -0.4 is 10.1 Å². The van der Waals surface area contributed by atoms with E-state index in [2.05, 4.69) is 27.9 Å². The first-order valence-electron chi connectivity index (χ1n) is 7.09. The third-order valence-corrected chi connectivity index (χ3v) is 4.36. The minimum Gasteiger partial charge on any atom is -0.492 e. The molecule has 2 rings (SSSR count). The van der Waals surface area contributed by atoms with E-state index in [4.69, 9.17) is 27.9 Å². The van der Waals surface area contributed by atoms with Crippen molar-refractivity contribution in [2.45, 2.75) is 19.8 Å². The number of hydrogen-bond acceptors (Lipinski definition) is 2. The van der Waals surface area contributed by atoms with E-state index < -0.39 is 0 Å². The molecule has 2 aromatic rings. The molecule has 0 saturated heterocycles. The number of rotatable bonds is 6. The smallest absolute Gasteiger partial charge is 0.224 e. The lowest BCUT2D eigenvalue weighted by molar-refractivity contribution is -0.116. The Morgan fingerprint density at radius 2 is 2.00 bits per heavy atom. The summed E-state index contributed by atoms with van der Waals surface area (Å²) in [6.07, 6.45) is 0.991. The van der Waals surface area contributed by atoms with Crippen LogP contribution in [0, 0.1) is 10.5 Å². The number of halogens is 3. The van der Waals surface area contributed by atoms with Crippen LogP contribution in [0.1, 0.15) is 18.4 Å². The van der Waals surface area contributed by atoms with E-state index in [9.17, 15) is 4.79 Å². The highest BCUT2D eigenvalue weighted by Gasteiger charge is 2.06. The molecule has 0 fully saturated rings. The molecule has 0 aliphatic heterocycles. The fourth-order valence-corrected chi connectivity index (χ4v) is 3.10. The zero-order chi connectivity index (χ0) is 16.8. The van der Waals surface area contributed by atoms with Crippen molar-refractivity contribution in [3.8, 4) is 5.75 Å². The van der Waals surface area contributed by atoms with Crippen molar-refractivity contribution in [1.82, 2.24) is 0 Å². The highest BCUT2D eigenvalue weighted by atomic mass is 127. The fourth-order valence-electron chi connectivity index (χ4n) is 1.99. The van der Waals surface area contributed by atoms with E-state index in [1.54, 1.807) is 18.2 Å². The van der Waals surface area contributed by atoms with Crippen LogP contribution in [0.25, 0.3) is 0 Å². The van der Waals surface area contributed by atoms with E-state index >= 15 is 0 Å². The number of carbonyl (C=O) groups excluding carboxylic acids is 1. The van der Waals surface area contributed by atoms with Crippen LogP contribution in [0.5, 0.6) is 5.75 Å². The van der Waals surface area contributed by atoms with E-state index in [0.29, 0.717) is 35.2 Å². The van der Waals surface area contributed by atoms with Crippen LogP contribution in [-0.4, -0.2) is 12.5 Å². The van der Waals surface area contributed by atoms with Crippen molar-refractivity contribution in [2.75, 3.05) is 11.9 Å². The van der Waals surface area contributed by atoms with Crippen molar-refractivity contribution in [3.63, 3.8) is 0 Å². The standard InChI is InChI=1S/C17H16Cl2INO2/c1-11-9-13(20)5-6-15(11)21-17(22)3-2-8-23-16-7-4-12(18)10-14(16)19/h4-7,9-10H,2-3,8H2,1H3,(H,21,22). The summed E-state index contributed by atoms with van der Waals surface area (Å²) in [5.74, 6) is 0.546. The van der Waals surface area contributed by atoms with Gasteiger partial charge in [-0.1, -0.05) is 23.2 Å². The maximum atomic E-state index is 12.0. The molecule has 0 heterocycles. The van der Waals surface area contributed by atoms with Crippen molar-refractivity contribution in [1.29, 1.82) is 0 Å². The van der Waals surface area contributed by atoms with E-state index in [1.165, 1.54) is 0 Å². The molecule has 23 heavy (non-hydrogen) atoms. The maximum absolute atomic E-state index is 12.0. The number of benzene rings is 2. The molecule has 0 aliphatic carbocycles. The summed E-state index contributed by atoms with van der Waals surface area (Å²) in [6, 6.07) is 11.0. The normalized spacial score (nSPS) is 10.4. The predicted molar refractivity (Wildman–Crippen MR) is 104 cm³/mol. The van der Waals surface area contributed by atoms with Gasteiger partial charge in [-0.25, -0.2) is 0 Å². The number of nitrogens with one attached hydrogen (secondary N) is 1. The molecule has 0 bridgehead atoms. The minimum absolute atomic E-state index is 0.0277. The lowest BCUT2D eigenvalue weighted by Crippen LogP contribution is -2.13. The summed E-state index contributed by atoms with van der Waals surface area (Å²) in [5, 5.41) is 3.95. The molecular weight excluding hydrogens is 448 g/mol. The fraction of sp³-hybridized carbons (Fsp3) is 0.235. The highest BCUT2D eigenvalue weighted by molar-refractivity contribution is 14.1. The third-order valence-electron chi connectivity index (χ3n) is 3.16. The summed E-state index contributed by atoms with van der Waals surface area (Å²) in [5.41, 5.74) is 1.89. The summed E-state index contributed by atoms with van der Waals surface area (Å²) in [4.78, 5) is 12.0. The van der Waals surface area contributed by atoms with E-state index in [-0.39, 0.29) is 5.91 Å². The molecule has 1 amide bonds. The average Bonchev–Trinajstić information content (AvgIpc) is 2.48. The van der Waals surface area contributed by atoms with Gasteiger partial charge in [-0.3, -0.25) is 4.79 Å². The largest absolute Gasteiger partial charge is 0.492 e. The highest BCUT2D eigenvalue weighted by Crippen LogP contribution is 2.27. The van der Waals surface area contributed by atoms with Gasteiger partial charge in [0, 0.05) is 20.7 Å². The second kappa shape index (κ2) is 8.76. The number of ether oxygens (including phenoxy) is 1. The molecule has 0 atom stereocenters. The zero-order valence-electron chi connectivity index (χ0n) is 12.5. The first-order valence-corrected chi connectivity index (χ1v) is 8.93. The number of amides is 1. The number of anilines is 1. The molecule has 1 N–H and O–H groups in total. The maximum Gasteiger partial charge on any atom is 0.224 e. The van der Waals surface area contributed by atoms with Crippen molar-refractivity contribution < 1.29 is 9.53 Å².